The minimum absolute atomic E-state index is 0.132. The SMILES string of the molecule is CCCc1sc(NC(=O)c2ccc([N+](=O)[O-])o2)nc1-c1ccc(-c2ccccc2)cc1. The van der Waals surface area contributed by atoms with E-state index < -0.39 is 16.7 Å². The second-order valence-corrected chi connectivity index (χ2v) is 7.92. The van der Waals surface area contributed by atoms with E-state index in [1.807, 2.05) is 30.3 Å². The highest BCUT2D eigenvalue weighted by Gasteiger charge is 2.20. The average molecular weight is 433 g/mol. The minimum atomic E-state index is -0.684. The molecule has 156 valence electrons. The van der Waals surface area contributed by atoms with E-state index in [-0.39, 0.29) is 5.76 Å². The van der Waals surface area contributed by atoms with Crippen molar-refractivity contribution in [2.45, 2.75) is 19.8 Å². The molecule has 0 radical (unpaired) electrons. The number of hydrogen-bond acceptors (Lipinski definition) is 6. The number of amides is 1. The second kappa shape index (κ2) is 8.93. The number of benzene rings is 2. The van der Waals surface area contributed by atoms with Crippen LogP contribution >= 0.6 is 11.3 Å². The molecule has 4 rings (SSSR count). The molecule has 8 heteroatoms. The lowest BCUT2D eigenvalue weighted by molar-refractivity contribution is -0.402. The first-order chi connectivity index (χ1) is 15.0. The number of anilines is 1. The number of thiazole rings is 1. The van der Waals surface area contributed by atoms with Gasteiger partial charge in [-0.1, -0.05) is 67.9 Å². The molecule has 4 aromatic rings. The zero-order chi connectivity index (χ0) is 21.8. The lowest BCUT2D eigenvalue weighted by Crippen LogP contribution is -2.10. The van der Waals surface area contributed by atoms with Gasteiger partial charge in [-0.05, 0) is 23.6 Å². The predicted octanol–water partition coefficient (Wildman–Crippen LogP) is 6.18. The molecule has 0 aliphatic heterocycles. The van der Waals surface area contributed by atoms with Crippen LogP contribution in [0.5, 0.6) is 0 Å². The maximum atomic E-state index is 12.4. The summed E-state index contributed by atoms with van der Waals surface area (Å²) in [4.78, 5) is 28.2. The zero-order valence-electron chi connectivity index (χ0n) is 16.7. The zero-order valence-corrected chi connectivity index (χ0v) is 17.5. The van der Waals surface area contributed by atoms with E-state index in [0.717, 1.165) is 46.2 Å². The van der Waals surface area contributed by atoms with E-state index in [1.165, 1.54) is 17.4 Å². The van der Waals surface area contributed by atoms with E-state index in [4.69, 9.17) is 4.42 Å². The van der Waals surface area contributed by atoms with Crippen LogP contribution in [0, 0.1) is 10.1 Å². The van der Waals surface area contributed by atoms with Crippen molar-refractivity contribution in [1.29, 1.82) is 0 Å². The molecule has 2 aromatic heterocycles. The Hall–Kier alpha value is -3.78. The summed E-state index contributed by atoms with van der Waals surface area (Å²) in [6.45, 7) is 2.09. The van der Waals surface area contributed by atoms with Gasteiger partial charge in [-0.2, -0.15) is 0 Å². The Balaban J connectivity index is 1.58. The molecule has 2 aromatic carbocycles. The third-order valence-electron chi connectivity index (χ3n) is 4.66. The molecule has 0 spiro atoms. The summed E-state index contributed by atoms with van der Waals surface area (Å²) in [7, 11) is 0. The van der Waals surface area contributed by atoms with E-state index in [1.54, 1.807) is 0 Å². The fourth-order valence-electron chi connectivity index (χ4n) is 3.18. The summed E-state index contributed by atoms with van der Waals surface area (Å²) >= 11 is 1.40. The Labute approximate surface area is 182 Å². The van der Waals surface area contributed by atoms with Crippen molar-refractivity contribution in [2.75, 3.05) is 5.32 Å². The van der Waals surface area contributed by atoms with Crippen LogP contribution in [0.4, 0.5) is 11.0 Å². The Morgan fingerprint density at radius 3 is 2.35 bits per heavy atom. The molecule has 0 bridgehead atoms. The first-order valence-electron chi connectivity index (χ1n) is 9.76. The summed E-state index contributed by atoms with van der Waals surface area (Å²) in [6.07, 6.45) is 1.77. The van der Waals surface area contributed by atoms with Gasteiger partial charge < -0.3 is 4.42 Å². The number of rotatable bonds is 7. The van der Waals surface area contributed by atoms with Gasteiger partial charge >= 0.3 is 5.88 Å². The van der Waals surface area contributed by atoms with Gasteiger partial charge in [-0.15, -0.1) is 11.3 Å². The van der Waals surface area contributed by atoms with Crippen LogP contribution in [0.3, 0.4) is 0 Å². The number of carbonyl (C=O) groups is 1. The maximum Gasteiger partial charge on any atom is 0.433 e. The monoisotopic (exact) mass is 433 g/mol. The molecule has 0 aliphatic rings. The Kier molecular flexibility index (Phi) is 5.90. The molecule has 31 heavy (non-hydrogen) atoms. The van der Waals surface area contributed by atoms with Crippen LogP contribution in [0.2, 0.25) is 0 Å². The lowest BCUT2D eigenvalue weighted by atomic mass is 10.0. The number of aryl methyl sites for hydroxylation is 1. The normalized spacial score (nSPS) is 10.7. The molecule has 0 aliphatic carbocycles. The predicted molar refractivity (Wildman–Crippen MR) is 120 cm³/mol. The fourth-order valence-corrected chi connectivity index (χ4v) is 4.27. The largest absolute Gasteiger partial charge is 0.433 e. The first kappa shape index (κ1) is 20.5. The average Bonchev–Trinajstić information content (AvgIpc) is 3.43. The Bertz CT molecular complexity index is 1210. The highest BCUT2D eigenvalue weighted by atomic mass is 32.1. The first-order valence-corrected chi connectivity index (χ1v) is 10.6. The van der Waals surface area contributed by atoms with Gasteiger partial charge in [0, 0.05) is 10.4 Å². The highest BCUT2D eigenvalue weighted by Crippen LogP contribution is 2.33. The molecule has 0 saturated carbocycles. The van der Waals surface area contributed by atoms with Crippen molar-refractivity contribution in [3.8, 4) is 22.4 Å². The molecule has 7 nitrogen and oxygen atoms in total. The van der Waals surface area contributed by atoms with Crippen molar-refractivity contribution in [3.63, 3.8) is 0 Å². The van der Waals surface area contributed by atoms with Crippen LogP contribution < -0.4 is 5.32 Å². The third-order valence-corrected chi connectivity index (χ3v) is 5.69. The highest BCUT2D eigenvalue weighted by molar-refractivity contribution is 7.16. The number of furan rings is 1. The molecule has 0 fully saturated rings. The van der Waals surface area contributed by atoms with E-state index >= 15 is 0 Å². The molecular formula is C23H19N3O4S. The number of nitrogens with one attached hydrogen (secondary N) is 1. The lowest BCUT2D eigenvalue weighted by Gasteiger charge is -2.04. The molecule has 0 saturated heterocycles. The van der Waals surface area contributed by atoms with Crippen LogP contribution in [0.1, 0.15) is 28.8 Å². The van der Waals surface area contributed by atoms with E-state index in [9.17, 15) is 14.9 Å². The molecule has 2 heterocycles. The van der Waals surface area contributed by atoms with Gasteiger partial charge in [0.05, 0.1) is 11.8 Å². The number of nitrogens with zero attached hydrogens (tertiary/aromatic N) is 2. The van der Waals surface area contributed by atoms with Crippen LogP contribution in [0.15, 0.2) is 71.1 Å². The number of aromatic nitrogens is 1. The standard InChI is InChI=1S/C23H19N3O4S/c1-2-6-19-21(17-11-9-16(10-12-17)15-7-4-3-5-8-15)24-23(31-19)25-22(27)18-13-14-20(30-18)26(28)29/h3-5,7-14H,2,6H2,1H3,(H,24,25,27). The van der Waals surface area contributed by atoms with Gasteiger partial charge in [0.25, 0.3) is 5.91 Å². The molecular weight excluding hydrogens is 414 g/mol. The summed E-state index contributed by atoms with van der Waals surface area (Å²) in [6, 6.07) is 20.7. The van der Waals surface area contributed by atoms with Gasteiger partial charge in [0.1, 0.15) is 4.92 Å². The van der Waals surface area contributed by atoms with Gasteiger partial charge in [0.15, 0.2) is 10.9 Å². The van der Waals surface area contributed by atoms with Crippen LogP contribution in [0.25, 0.3) is 22.4 Å². The minimum Gasteiger partial charge on any atom is -0.395 e. The van der Waals surface area contributed by atoms with Gasteiger partial charge in [-0.25, -0.2) is 4.98 Å². The second-order valence-electron chi connectivity index (χ2n) is 6.83. The summed E-state index contributed by atoms with van der Waals surface area (Å²) in [5, 5.41) is 13.9. The summed E-state index contributed by atoms with van der Waals surface area (Å²) < 4.78 is 4.97. The molecule has 1 amide bonds. The number of carbonyl (C=O) groups excluding carboxylic acids is 1. The van der Waals surface area contributed by atoms with Crippen molar-refractivity contribution < 1.29 is 14.1 Å². The van der Waals surface area contributed by atoms with Crippen molar-refractivity contribution in [1.82, 2.24) is 4.98 Å². The van der Waals surface area contributed by atoms with Gasteiger partial charge in [0.2, 0.25) is 0 Å². The Morgan fingerprint density at radius 2 is 1.71 bits per heavy atom. The fraction of sp³-hybridized carbons (Fsp3) is 0.130. The van der Waals surface area contributed by atoms with E-state index in [2.05, 4.69) is 41.5 Å². The third kappa shape index (κ3) is 4.54. The number of nitro groups is 1. The quantitative estimate of drug-likeness (QED) is 0.277. The maximum absolute atomic E-state index is 12.4. The number of hydrogen-bond donors (Lipinski definition) is 1. The van der Waals surface area contributed by atoms with Gasteiger partial charge in [-0.3, -0.25) is 20.2 Å². The smallest absolute Gasteiger partial charge is 0.395 e. The summed E-state index contributed by atoms with van der Waals surface area (Å²) in [5.41, 5.74) is 4.05. The van der Waals surface area contributed by atoms with Crippen molar-refractivity contribution in [2.24, 2.45) is 0 Å². The van der Waals surface area contributed by atoms with Crippen LogP contribution in [-0.2, 0) is 6.42 Å². The summed E-state index contributed by atoms with van der Waals surface area (Å²) in [5.74, 6) is -1.18. The molecule has 0 atom stereocenters. The van der Waals surface area contributed by atoms with Crippen molar-refractivity contribution in [3.05, 3.63) is 87.5 Å². The Morgan fingerprint density at radius 1 is 1.03 bits per heavy atom. The molecule has 0 unspecified atom stereocenters. The topological polar surface area (TPSA) is 98.3 Å². The van der Waals surface area contributed by atoms with E-state index in [0.29, 0.717) is 5.13 Å². The molecule has 1 N–H and O–H groups in total. The van der Waals surface area contributed by atoms with Crippen molar-refractivity contribution >= 4 is 28.3 Å². The van der Waals surface area contributed by atoms with Crippen LogP contribution in [-0.4, -0.2) is 15.8 Å².